The lowest BCUT2D eigenvalue weighted by atomic mass is 10.0. The van der Waals surface area contributed by atoms with E-state index in [4.69, 9.17) is 5.11 Å². The topological polar surface area (TPSA) is 69.6 Å². The van der Waals surface area contributed by atoms with Crippen LogP contribution in [0.4, 0.5) is 0 Å². The second-order valence-electron chi connectivity index (χ2n) is 4.81. The number of hydrogen-bond donors (Lipinski definition) is 2. The molecule has 0 radical (unpaired) electrons. The molecule has 1 aromatic rings. The quantitative estimate of drug-likeness (QED) is 0.728. The zero-order chi connectivity index (χ0) is 15.9. The average Bonchev–Trinajstić information content (AvgIpc) is 2.50. The first kappa shape index (κ1) is 18.1. The number of rotatable bonds is 9. The second-order valence-corrected chi connectivity index (χ2v) is 6.75. The third-order valence-corrected chi connectivity index (χ3v) is 5.43. The maximum atomic E-state index is 12.6. The van der Waals surface area contributed by atoms with E-state index in [0.29, 0.717) is 6.54 Å². The molecule has 21 heavy (non-hydrogen) atoms. The van der Waals surface area contributed by atoms with E-state index in [1.54, 1.807) is 25.1 Å². The van der Waals surface area contributed by atoms with Gasteiger partial charge in [0, 0.05) is 19.1 Å². The van der Waals surface area contributed by atoms with Gasteiger partial charge in [0.2, 0.25) is 10.0 Å². The van der Waals surface area contributed by atoms with Crippen molar-refractivity contribution in [3.63, 3.8) is 0 Å². The fraction of sp³-hybridized carbons (Fsp3) is 0.600. The Balaban J connectivity index is 3.13. The van der Waals surface area contributed by atoms with Crippen molar-refractivity contribution in [2.24, 2.45) is 0 Å². The fourth-order valence-corrected chi connectivity index (χ4v) is 3.84. The van der Waals surface area contributed by atoms with Gasteiger partial charge in [0.15, 0.2) is 0 Å². The van der Waals surface area contributed by atoms with Crippen molar-refractivity contribution in [2.75, 3.05) is 26.2 Å². The van der Waals surface area contributed by atoms with Crippen LogP contribution in [-0.4, -0.2) is 44.1 Å². The van der Waals surface area contributed by atoms with Crippen LogP contribution < -0.4 is 5.32 Å². The number of sulfonamides is 1. The molecule has 0 aromatic heterocycles. The number of nitrogens with one attached hydrogen (secondary N) is 1. The van der Waals surface area contributed by atoms with E-state index in [0.717, 1.165) is 18.5 Å². The summed E-state index contributed by atoms with van der Waals surface area (Å²) in [4.78, 5) is 0.284. The fourth-order valence-electron chi connectivity index (χ4n) is 2.34. The minimum atomic E-state index is -3.55. The molecule has 2 N–H and O–H groups in total. The van der Waals surface area contributed by atoms with Crippen LogP contribution in [0.25, 0.3) is 0 Å². The Labute approximate surface area is 128 Å². The molecule has 0 aliphatic rings. The molecule has 0 fully saturated rings. The van der Waals surface area contributed by atoms with Crippen LogP contribution in [0.3, 0.4) is 0 Å². The molecule has 6 heteroatoms. The molecule has 1 atom stereocenters. The highest BCUT2D eigenvalue weighted by molar-refractivity contribution is 7.89. The van der Waals surface area contributed by atoms with E-state index in [-0.39, 0.29) is 24.1 Å². The Morgan fingerprint density at radius 1 is 1.29 bits per heavy atom. The first-order chi connectivity index (χ1) is 10.0. The Bertz CT molecular complexity index is 531. The highest BCUT2D eigenvalue weighted by Gasteiger charge is 2.23. The van der Waals surface area contributed by atoms with Crippen LogP contribution in [0.2, 0.25) is 0 Å². The first-order valence-corrected chi connectivity index (χ1v) is 8.89. The zero-order valence-electron chi connectivity index (χ0n) is 13.0. The second kappa shape index (κ2) is 8.48. The summed E-state index contributed by atoms with van der Waals surface area (Å²) in [5.41, 5.74) is 0.973. The molecule has 0 bridgehead atoms. The molecule has 5 nitrogen and oxygen atoms in total. The SMILES string of the molecule is CCNC(CC)c1cccc(S(=O)(=O)N(CC)CCO)c1. The number of likely N-dealkylation sites (N-methyl/N-ethyl adjacent to an activating group) is 1. The number of aliphatic hydroxyl groups excluding tert-OH is 1. The molecule has 0 aliphatic carbocycles. The summed E-state index contributed by atoms with van der Waals surface area (Å²) >= 11 is 0. The molecule has 1 rings (SSSR count). The molecule has 0 heterocycles. The number of benzene rings is 1. The minimum absolute atomic E-state index is 0.119. The third kappa shape index (κ3) is 4.51. The maximum Gasteiger partial charge on any atom is 0.243 e. The van der Waals surface area contributed by atoms with Crippen LogP contribution in [0.15, 0.2) is 29.2 Å². The molecule has 0 saturated carbocycles. The predicted molar refractivity (Wildman–Crippen MR) is 84.7 cm³/mol. The van der Waals surface area contributed by atoms with Gasteiger partial charge in [-0.1, -0.05) is 32.9 Å². The van der Waals surface area contributed by atoms with Crippen molar-refractivity contribution in [1.82, 2.24) is 9.62 Å². The summed E-state index contributed by atoms with van der Waals surface area (Å²) in [6.07, 6.45) is 0.894. The lowest BCUT2D eigenvalue weighted by molar-refractivity contribution is 0.257. The summed E-state index contributed by atoms with van der Waals surface area (Å²) < 4.78 is 26.4. The van der Waals surface area contributed by atoms with Gasteiger partial charge in [0.1, 0.15) is 0 Å². The van der Waals surface area contributed by atoms with Gasteiger partial charge in [-0.2, -0.15) is 4.31 Å². The number of nitrogens with zero attached hydrogens (tertiary/aromatic N) is 1. The van der Waals surface area contributed by atoms with Crippen LogP contribution in [-0.2, 0) is 10.0 Å². The van der Waals surface area contributed by atoms with Gasteiger partial charge in [-0.05, 0) is 30.7 Å². The first-order valence-electron chi connectivity index (χ1n) is 7.45. The monoisotopic (exact) mass is 314 g/mol. The molecule has 0 amide bonds. The van der Waals surface area contributed by atoms with Crippen molar-refractivity contribution < 1.29 is 13.5 Å². The lowest BCUT2D eigenvalue weighted by Crippen LogP contribution is -2.33. The highest BCUT2D eigenvalue weighted by atomic mass is 32.2. The Morgan fingerprint density at radius 3 is 2.52 bits per heavy atom. The van der Waals surface area contributed by atoms with Gasteiger partial charge in [0.05, 0.1) is 11.5 Å². The van der Waals surface area contributed by atoms with E-state index < -0.39 is 10.0 Å². The van der Waals surface area contributed by atoms with E-state index in [9.17, 15) is 8.42 Å². The van der Waals surface area contributed by atoms with Gasteiger partial charge in [-0.3, -0.25) is 0 Å². The Kier molecular flexibility index (Phi) is 7.31. The molecule has 120 valence electrons. The van der Waals surface area contributed by atoms with Gasteiger partial charge in [0.25, 0.3) is 0 Å². The number of hydrogen-bond acceptors (Lipinski definition) is 4. The maximum absolute atomic E-state index is 12.6. The third-order valence-electron chi connectivity index (χ3n) is 3.46. The molecule has 0 aliphatic heterocycles. The minimum Gasteiger partial charge on any atom is -0.395 e. The van der Waals surface area contributed by atoms with Gasteiger partial charge >= 0.3 is 0 Å². The normalized spacial score (nSPS) is 13.6. The van der Waals surface area contributed by atoms with E-state index in [2.05, 4.69) is 12.2 Å². The van der Waals surface area contributed by atoms with Gasteiger partial charge in [-0.25, -0.2) is 8.42 Å². The standard InChI is InChI=1S/C15H26N2O3S/c1-4-15(16-5-2)13-8-7-9-14(12-13)21(19,20)17(6-3)10-11-18/h7-9,12,15-16,18H,4-6,10-11H2,1-3H3. The Hall–Kier alpha value is -0.950. The van der Waals surface area contributed by atoms with Crippen LogP contribution in [0.1, 0.15) is 38.8 Å². The Morgan fingerprint density at radius 2 is 2.00 bits per heavy atom. The summed E-state index contributed by atoms with van der Waals surface area (Å²) in [6, 6.07) is 7.20. The van der Waals surface area contributed by atoms with Crippen molar-refractivity contribution in [3.05, 3.63) is 29.8 Å². The van der Waals surface area contributed by atoms with Crippen molar-refractivity contribution in [1.29, 1.82) is 0 Å². The van der Waals surface area contributed by atoms with Crippen molar-refractivity contribution in [3.8, 4) is 0 Å². The molecular weight excluding hydrogens is 288 g/mol. The predicted octanol–water partition coefficient (Wildman–Crippen LogP) is 1.75. The molecule has 1 unspecified atom stereocenters. The van der Waals surface area contributed by atoms with Gasteiger partial charge in [-0.15, -0.1) is 0 Å². The van der Waals surface area contributed by atoms with Crippen LogP contribution >= 0.6 is 0 Å². The van der Waals surface area contributed by atoms with Crippen molar-refractivity contribution >= 4 is 10.0 Å². The largest absolute Gasteiger partial charge is 0.395 e. The lowest BCUT2D eigenvalue weighted by Gasteiger charge is -2.21. The summed E-state index contributed by atoms with van der Waals surface area (Å²) in [5, 5.41) is 12.4. The van der Waals surface area contributed by atoms with Crippen LogP contribution in [0, 0.1) is 0 Å². The molecule has 0 spiro atoms. The van der Waals surface area contributed by atoms with E-state index in [1.165, 1.54) is 4.31 Å². The average molecular weight is 314 g/mol. The summed E-state index contributed by atoms with van der Waals surface area (Å²) in [6.45, 7) is 6.99. The van der Waals surface area contributed by atoms with E-state index in [1.807, 2.05) is 13.0 Å². The molecule has 0 saturated heterocycles. The van der Waals surface area contributed by atoms with Gasteiger partial charge < -0.3 is 10.4 Å². The van der Waals surface area contributed by atoms with Crippen LogP contribution in [0.5, 0.6) is 0 Å². The smallest absolute Gasteiger partial charge is 0.243 e. The number of aliphatic hydroxyl groups is 1. The summed E-state index contributed by atoms with van der Waals surface area (Å²) in [7, 11) is -3.55. The molecular formula is C15H26N2O3S. The zero-order valence-corrected chi connectivity index (χ0v) is 13.9. The molecule has 1 aromatic carbocycles. The highest BCUT2D eigenvalue weighted by Crippen LogP contribution is 2.22. The summed E-state index contributed by atoms with van der Waals surface area (Å²) in [5.74, 6) is 0. The van der Waals surface area contributed by atoms with E-state index >= 15 is 0 Å². The van der Waals surface area contributed by atoms with Crippen molar-refractivity contribution in [2.45, 2.75) is 38.1 Å².